The van der Waals surface area contributed by atoms with E-state index >= 15 is 0 Å². The Bertz CT molecular complexity index is 1270. The normalized spacial score (nSPS) is 20.1. The van der Waals surface area contributed by atoms with Gasteiger partial charge in [-0.05, 0) is 42.9 Å². The van der Waals surface area contributed by atoms with E-state index in [2.05, 4.69) is 32.7 Å². The van der Waals surface area contributed by atoms with Crippen LogP contribution in [0.5, 0.6) is 0 Å². The highest BCUT2D eigenvalue weighted by molar-refractivity contribution is 6.34. The number of nitrogen functional groups attached to an aromatic ring is 1. The molecule has 31 heavy (non-hydrogen) atoms. The fourth-order valence-electron chi connectivity index (χ4n) is 4.26. The first kappa shape index (κ1) is 19.6. The van der Waals surface area contributed by atoms with Gasteiger partial charge in [0.2, 0.25) is 0 Å². The van der Waals surface area contributed by atoms with Crippen molar-refractivity contribution in [3.63, 3.8) is 0 Å². The summed E-state index contributed by atoms with van der Waals surface area (Å²) in [5.74, 6) is 0.750. The number of carbonyl (C=O) groups excluding carboxylic acids is 1. The molecular formula is C22H21ClN6O2. The van der Waals surface area contributed by atoms with Gasteiger partial charge in [-0.2, -0.15) is 0 Å². The third-order valence-corrected chi connectivity index (χ3v) is 6.44. The van der Waals surface area contributed by atoms with Crippen molar-refractivity contribution >= 4 is 34.8 Å². The average molecular weight is 437 g/mol. The van der Waals surface area contributed by atoms with Crippen LogP contribution in [-0.2, 0) is 5.66 Å². The quantitative estimate of drug-likeness (QED) is 0.577. The molecule has 1 aliphatic heterocycles. The standard InChI is InChI=1S/C22H21ClN6O2/c1-22(14-7-3-6-13(8-14)12-4-2-5-12)28-20(30)19-15(23)9-16(21(31)29(19)22)27-18-10-17(24)25-11-26-18/h3,6-12H,2,4-5H2,1H3,(H,28,30)(H3,24,25,26,27). The Morgan fingerprint density at radius 3 is 2.74 bits per heavy atom. The van der Waals surface area contributed by atoms with E-state index in [1.165, 1.54) is 35.0 Å². The first-order chi connectivity index (χ1) is 14.9. The molecule has 5 rings (SSSR count). The Balaban J connectivity index is 1.64. The number of nitrogens with zero attached hydrogens (tertiary/aromatic N) is 3. The summed E-state index contributed by atoms with van der Waals surface area (Å²) in [5.41, 5.74) is 6.60. The molecular weight excluding hydrogens is 416 g/mol. The topological polar surface area (TPSA) is 115 Å². The van der Waals surface area contributed by atoms with Crippen molar-refractivity contribution in [3.8, 4) is 0 Å². The Labute approximate surface area is 183 Å². The molecule has 2 aliphatic rings. The van der Waals surface area contributed by atoms with Crippen LogP contribution in [0.15, 0.2) is 47.5 Å². The molecule has 3 heterocycles. The molecule has 1 unspecified atom stereocenters. The maximum Gasteiger partial charge on any atom is 0.277 e. The summed E-state index contributed by atoms with van der Waals surface area (Å²) in [6.45, 7) is 1.81. The smallest absolute Gasteiger partial charge is 0.277 e. The molecule has 0 spiro atoms. The number of nitrogens with one attached hydrogen (secondary N) is 2. The van der Waals surface area contributed by atoms with Crippen LogP contribution in [0.1, 0.15) is 53.7 Å². The number of hydrogen-bond acceptors (Lipinski definition) is 6. The van der Waals surface area contributed by atoms with Gasteiger partial charge in [0.1, 0.15) is 35.0 Å². The van der Waals surface area contributed by atoms with E-state index in [0.29, 0.717) is 11.7 Å². The van der Waals surface area contributed by atoms with E-state index in [-0.39, 0.29) is 22.2 Å². The number of anilines is 3. The molecule has 1 fully saturated rings. The van der Waals surface area contributed by atoms with Crippen molar-refractivity contribution in [2.75, 3.05) is 11.1 Å². The highest BCUT2D eigenvalue weighted by Gasteiger charge is 2.43. The van der Waals surface area contributed by atoms with Gasteiger partial charge in [0, 0.05) is 6.07 Å². The number of aromatic nitrogens is 3. The summed E-state index contributed by atoms with van der Waals surface area (Å²) in [6, 6.07) is 11.0. The van der Waals surface area contributed by atoms with Crippen molar-refractivity contribution in [1.82, 2.24) is 19.9 Å². The van der Waals surface area contributed by atoms with E-state index in [0.717, 1.165) is 18.4 Å². The number of amides is 1. The van der Waals surface area contributed by atoms with Gasteiger partial charge in [0.25, 0.3) is 11.5 Å². The van der Waals surface area contributed by atoms with Crippen molar-refractivity contribution in [3.05, 3.63) is 74.9 Å². The molecule has 0 saturated heterocycles. The van der Waals surface area contributed by atoms with Crippen LogP contribution in [0.25, 0.3) is 0 Å². The van der Waals surface area contributed by atoms with E-state index in [1.54, 1.807) is 0 Å². The van der Waals surface area contributed by atoms with E-state index in [9.17, 15) is 9.59 Å². The number of benzene rings is 1. The molecule has 9 heteroatoms. The molecule has 158 valence electrons. The molecule has 0 bridgehead atoms. The van der Waals surface area contributed by atoms with Crippen LogP contribution in [-0.4, -0.2) is 20.4 Å². The molecule has 1 atom stereocenters. The van der Waals surface area contributed by atoms with E-state index in [1.807, 2.05) is 19.1 Å². The van der Waals surface area contributed by atoms with Gasteiger partial charge in [0.15, 0.2) is 0 Å². The predicted octanol–water partition coefficient (Wildman–Crippen LogP) is 3.35. The number of fused-ring (bicyclic) bond motifs is 1. The summed E-state index contributed by atoms with van der Waals surface area (Å²) in [6.07, 6.45) is 4.84. The number of carbonyl (C=O) groups is 1. The molecule has 1 saturated carbocycles. The Kier molecular flexibility index (Phi) is 4.48. The molecule has 1 amide bonds. The largest absolute Gasteiger partial charge is 0.384 e. The Morgan fingerprint density at radius 1 is 1.23 bits per heavy atom. The van der Waals surface area contributed by atoms with Gasteiger partial charge in [-0.15, -0.1) is 0 Å². The number of halogens is 1. The van der Waals surface area contributed by atoms with E-state index < -0.39 is 17.1 Å². The van der Waals surface area contributed by atoms with Crippen LogP contribution in [0.2, 0.25) is 5.02 Å². The first-order valence-electron chi connectivity index (χ1n) is 10.1. The van der Waals surface area contributed by atoms with E-state index in [4.69, 9.17) is 17.3 Å². The maximum absolute atomic E-state index is 13.5. The number of nitrogens with two attached hydrogens (primary N) is 1. The summed E-state index contributed by atoms with van der Waals surface area (Å²) >= 11 is 6.45. The summed E-state index contributed by atoms with van der Waals surface area (Å²) < 4.78 is 1.42. The Hall–Kier alpha value is -3.39. The minimum absolute atomic E-state index is 0.135. The van der Waals surface area contributed by atoms with Crippen LogP contribution >= 0.6 is 11.6 Å². The lowest BCUT2D eigenvalue weighted by molar-refractivity contribution is 0.0941. The summed E-state index contributed by atoms with van der Waals surface area (Å²) in [5, 5.41) is 6.08. The zero-order valence-corrected chi connectivity index (χ0v) is 17.6. The van der Waals surface area contributed by atoms with Crippen molar-refractivity contribution in [2.24, 2.45) is 0 Å². The zero-order valence-electron chi connectivity index (χ0n) is 16.9. The highest BCUT2D eigenvalue weighted by Crippen LogP contribution is 2.39. The van der Waals surface area contributed by atoms with Gasteiger partial charge in [0.05, 0.1) is 5.02 Å². The SMILES string of the molecule is CC1(c2cccc(C3CCC3)c2)NC(=O)c2c(Cl)cc(Nc3cc(N)ncn3)c(=O)n21. The average Bonchev–Trinajstić information content (AvgIpc) is 2.97. The van der Waals surface area contributed by atoms with Crippen LogP contribution in [0.4, 0.5) is 17.3 Å². The van der Waals surface area contributed by atoms with Crippen molar-refractivity contribution in [1.29, 1.82) is 0 Å². The fraction of sp³-hybridized carbons (Fsp3) is 0.273. The lowest BCUT2D eigenvalue weighted by atomic mass is 9.79. The predicted molar refractivity (Wildman–Crippen MR) is 119 cm³/mol. The second kappa shape index (κ2) is 7.09. The van der Waals surface area contributed by atoms with Crippen LogP contribution < -0.4 is 21.9 Å². The summed E-state index contributed by atoms with van der Waals surface area (Å²) in [4.78, 5) is 34.2. The molecule has 8 nitrogen and oxygen atoms in total. The number of rotatable bonds is 4. The second-order valence-electron chi connectivity index (χ2n) is 8.13. The minimum Gasteiger partial charge on any atom is -0.384 e. The van der Waals surface area contributed by atoms with Gasteiger partial charge >= 0.3 is 0 Å². The van der Waals surface area contributed by atoms with Gasteiger partial charge in [-0.1, -0.05) is 42.3 Å². The number of pyridine rings is 1. The van der Waals surface area contributed by atoms with Gasteiger partial charge in [-0.25, -0.2) is 9.97 Å². The monoisotopic (exact) mass is 436 g/mol. The lowest BCUT2D eigenvalue weighted by Crippen LogP contribution is -2.46. The molecule has 0 radical (unpaired) electrons. The van der Waals surface area contributed by atoms with Crippen molar-refractivity contribution < 1.29 is 4.79 Å². The lowest BCUT2D eigenvalue weighted by Gasteiger charge is -2.31. The van der Waals surface area contributed by atoms with Crippen LogP contribution in [0.3, 0.4) is 0 Å². The zero-order chi connectivity index (χ0) is 21.8. The minimum atomic E-state index is -1.07. The molecule has 1 aromatic carbocycles. The number of hydrogen-bond donors (Lipinski definition) is 3. The third-order valence-electron chi connectivity index (χ3n) is 6.15. The molecule has 4 N–H and O–H groups in total. The molecule has 1 aliphatic carbocycles. The van der Waals surface area contributed by atoms with Gasteiger partial charge in [-0.3, -0.25) is 14.2 Å². The first-order valence-corrected chi connectivity index (χ1v) is 10.5. The molecule has 3 aromatic rings. The van der Waals surface area contributed by atoms with Crippen LogP contribution in [0, 0.1) is 0 Å². The fourth-order valence-corrected chi connectivity index (χ4v) is 4.54. The highest BCUT2D eigenvalue weighted by atomic mass is 35.5. The maximum atomic E-state index is 13.5. The summed E-state index contributed by atoms with van der Waals surface area (Å²) in [7, 11) is 0. The van der Waals surface area contributed by atoms with Gasteiger partial charge < -0.3 is 16.4 Å². The molecule has 2 aromatic heterocycles. The Morgan fingerprint density at radius 2 is 2.03 bits per heavy atom. The van der Waals surface area contributed by atoms with Crippen molar-refractivity contribution in [2.45, 2.75) is 37.8 Å². The third kappa shape index (κ3) is 3.14. The second-order valence-corrected chi connectivity index (χ2v) is 8.54.